The molecule has 14 heavy (non-hydrogen) atoms. The maximum absolute atomic E-state index is 4.00. The average Bonchev–Trinajstić information content (AvgIpc) is 2.14. The van der Waals surface area contributed by atoms with Crippen LogP contribution in [0.4, 0.5) is 0 Å². The third kappa shape index (κ3) is 5.76. The van der Waals surface area contributed by atoms with Crippen molar-refractivity contribution in [3.05, 3.63) is 37.0 Å². The van der Waals surface area contributed by atoms with Gasteiger partial charge in [-0.1, -0.05) is 24.8 Å². The van der Waals surface area contributed by atoms with Crippen LogP contribution in [0.15, 0.2) is 37.0 Å². The number of nitrogens with zero attached hydrogens (tertiary/aromatic N) is 1. The number of allylic oxidation sites excluding steroid dienone is 2. The molecule has 0 bridgehead atoms. The first kappa shape index (κ1) is 13.2. The Morgan fingerprint density at radius 3 is 2.64 bits per heavy atom. The summed E-state index contributed by atoms with van der Waals surface area (Å²) in [6.07, 6.45) is 8.33. The summed E-state index contributed by atoms with van der Waals surface area (Å²) < 4.78 is 0. The minimum Gasteiger partial charge on any atom is -0.299 e. The van der Waals surface area contributed by atoms with Gasteiger partial charge in [0.1, 0.15) is 0 Å². The molecule has 1 unspecified atom stereocenters. The summed E-state index contributed by atoms with van der Waals surface area (Å²) in [6.45, 7) is 12.9. The normalized spacial score (nSPS) is 13.4. The van der Waals surface area contributed by atoms with E-state index >= 15 is 0 Å². The third-order valence-corrected chi connectivity index (χ3v) is 2.40. The molecule has 1 atom stereocenters. The predicted molar refractivity (Wildman–Crippen MR) is 65.5 cm³/mol. The van der Waals surface area contributed by atoms with Crippen LogP contribution >= 0.6 is 0 Å². The lowest BCUT2D eigenvalue weighted by Crippen LogP contribution is -2.30. The molecule has 0 rings (SSSR count). The van der Waals surface area contributed by atoms with Gasteiger partial charge in [0.2, 0.25) is 0 Å². The molecule has 0 aromatic rings. The van der Waals surface area contributed by atoms with Crippen molar-refractivity contribution in [2.45, 2.75) is 32.7 Å². The monoisotopic (exact) mass is 193 g/mol. The fraction of sp³-hybridized carbons (Fsp3) is 0.538. The second-order valence-electron chi connectivity index (χ2n) is 3.79. The molecule has 0 aromatic heterocycles. The molecule has 0 spiro atoms. The highest BCUT2D eigenvalue weighted by atomic mass is 15.1. The number of hydrogen-bond donors (Lipinski definition) is 0. The van der Waals surface area contributed by atoms with Crippen molar-refractivity contribution in [2.24, 2.45) is 0 Å². The molecule has 0 aliphatic carbocycles. The molecule has 0 N–H and O–H groups in total. The summed E-state index contributed by atoms with van der Waals surface area (Å²) in [6, 6.07) is 0.593. The van der Waals surface area contributed by atoms with Crippen LogP contribution < -0.4 is 0 Å². The lowest BCUT2D eigenvalue weighted by molar-refractivity contribution is 0.269. The minimum atomic E-state index is 0.593. The van der Waals surface area contributed by atoms with Crippen molar-refractivity contribution in [2.75, 3.05) is 13.6 Å². The van der Waals surface area contributed by atoms with E-state index in [9.17, 15) is 0 Å². The molecule has 0 radical (unpaired) electrons. The Bertz CT molecular complexity index is 203. The van der Waals surface area contributed by atoms with Crippen LogP contribution in [-0.2, 0) is 0 Å². The number of likely N-dealkylation sites (N-methyl/N-ethyl adjacent to an activating group) is 1. The SMILES string of the molecule is C=CCCC(C)N(C)CC(=C)/C=C/C. The summed E-state index contributed by atoms with van der Waals surface area (Å²) in [5.41, 5.74) is 1.17. The summed E-state index contributed by atoms with van der Waals surface area (Å²) in [5, 5.41) is 0. The molecule has 0 saturated carbocycles. The Hall–Kier alpha value is -0.820. The van der Waals surface area contributed by atoms with E-state index in [1.54, 1.807) is 0 Å². The molecule has 80 valence electrons. The molecule has 0 heterocycles. The number of hydrogen-bond acceptors (Lipinski definition) is 1. The van der Waals surface area contributed by atoms with Crippen molar-refractivity contribution >= 4 is 0 Å². The van der Waals surface area contributed by atoms with Gasteiger partial charge in [0.25, 0.3) is 0 Å². The van der Waals surface area contributed by atoms with Crippen LogP contribution in [0, 0.1) is 0 Å². The maximum atomic E-state index is 4.00. The Labute approximate surface area is 88.8 Å². The van der Waals surface area contributed by atoms with Crippen LogP contribution in [0.1, 0.15) is 26.7 Å². The lowest BCUT2D eigenvalue weighted by Gasteiger charge is -2.24. The second kappa shape index (κ2) is 7.57. The molecule has 0 aliphatic rings. The maximum Gasteiger partial charge on any atom is 0.0227 e. The van der Waals surface area contributed by atoms with E-state index in [4.69, 9.17) is 0 Å². The first-order valence-corrected chi connectivity index (χ1v) is 5.23. The van der Waals surface area contributed by atoms with Crippen LogP contribution in [0.3, 0.4) is 0 Å². The zero-order valence-electron chi connectivity index (χ0n) is 9.79. The third-order valence-electron chi connectivity index (χ3n) is 2.40. The van der Waals surface area contributed by atoms with Gasteiger partial charge >= 0.3 is 0 Å². The Kier molecular flexibility index (Phi) is 7.13. The molecular weight excluding hydrogens is 170 g/mol. The van der Waals surface area contributed by atoms with E-state index in [0.717, 1.165) is 13.0 Å². The van der Waals surface area contributed by atoms with Gasteiger partial charge in [0.15, 0.2) is 0 Å². The summed E-state index contributed by atoms with van der Waals surface area (Å²) in [4.78, 5) is 2.33. The molecule has 1 nitrogen and oxygen atoms in total. The van der Waals surface area contributed by atoms with Crippen LogP contribution in [0.2, 0.25) is 0 Å². The van der Waals surface area contributed by atoms with Crippen molar-refractivity contribution < 1.29 is 0 Å². The van der Waals surface area contributed by atoms with E-state index in [2.05, 4.69) is 38.1 Å². The average molecular weight is 193 g/mol. The quantitative estimate of drug-likeness (QED) is 0.442. The Morgan fingerprint density at radius 2 is 2.14 bits per heavy atom. The van der Waals surface area contributed by atoms with Crippen molar-refractivity contribution in [3.8, 4) is 0 Å². The van der Waals surface area contributed by atoms with Gasteiger partial charge in [-0.25, -0.2) is 0 Å². The Balaban J connectivity index is 3.87. The van der Waals surface area contributed by atoms with E-state index in [1.807, 2.05) is 19.1 Å². The van der Waals surface area contributed by atoms with Crippen LogP contribution in [0.5, 0.6) is 0 Å². The predicted octanol–water partition coefficient (Wildman–Crippen LogP) is 3.41. The summed E-state index contributed by atoms with van der Waals surface area (Å²) in [5.74, 6) is 0. The van der Waals surface area contributed by atoms with Gasteiger partial charge in [-0.2, -0.15) is 0 Å². The summed E-state index contributed by atoms with van der Waals surface area (Å²) in [7, 11) is 2.14. The van der Waals surface area contributed by atoms with E-state index < -0.39 is 0 Å². The topological polar surface area (TPSA) is 3.24 Å². The van der Waals surface area contributed by atoms with E-state index in [1.165, 1.54) is 12.0 Å². The van der Waals surface area contributed by atoms with E-state index in [0.29, 0.717) is 6.04 Å². The van der Waals surface area contributed by atoms with Gasteiger partial charge in [0, 0.05) is 12.6 Å². The molecular formula is C13H23N. The molecule has 0 aromatic carbocycles. The fourth-order valence-corrected chi connectivity index (χ4v) is 1.34. The highest BCUT2D eigenvalue weighted by Crippen LogP contribution is 2.07. The minimum absolute atomic E-state index is 0.593. The fourth-order valence-electron chi connectivity index (χ4n) is 1.34. The first-order chi connectivity index (χ1) is 6.61. The van der Waals surface area contributed by atoms with Crippen molar-refractivity contribution in [1.82, 2.24) is 4.90 Å². The highest BCUT2D eigenvalue weighted by Gasteiger charge is 2.07. The Morgan fingerprint density at radius 1 is 1.50 bits per heavy atom. The largest absolute Gasteiger partial charge is 0.299 e. The zero-order chi connectivity index (χ0) is 11.0. The molecule has 0 saturated heterocycles. The van der Waals surface area contributed by atoms with Gasteiger partial charge in [-0.3, -0.25) is 4.90 Å². The van der Waals surface area contributed by atoms with Crippen LogP contribution in [-0.4, -0.2) is 24.5 Å². The highest BCUT2D eigenvalue weighted by molar-refractivity contribution is 5.15. The van der Waals surface area contributed by atoms with Gasteiger partial charge in [-0.15, -0.1) is 6.58 Å². The molecule has 0 amide bonds. The van der Waals surface area contributed by atoms with Crippen molar-refractivity contribution in [3.63, 3.8) is 0 Å². The van der Waals surface area contributed by atoms with Crippen LogP contribution in [0.25, 0.3) is 0 Å². The standard InChI is InChI=1S/C13H23N/c1-6-8-10-13(4)14(5)11-12(3)9-7-2/h6-7,9,13H,1,3,8,10-11H2,2,4-5H3/b9-7+. The molecule has 0 fully saturated rings. The van der Waals surface area contributed by atoms with Gasteiger partial charge < -0.3 is 0 Å². The zero-order valence-corrected chi connectivity index (χ0v) is 9.79. The molecule has 0 aliphatic heterocycles. The van der Waals surface area contributed by atoms with E-state index in [-0.39, 0.29) is 0 Å². The second-order valence-corrected chi connectivity index (χ2v) is 3.79. The smallest absolute Gasteiger partial charge is 0.0227 e. The summed E-state index contributed by atoms with van der Waals surface area (Å²) >= 11 is 0. The first-order valence-electron chi connectivity index (χ1n) is 5.23. The molecule has 1 heteroatoms. The lowest BCUT2D eigenvalue weighted by atomic mass is 10.1. The van der Waals surface area contributed by atoms with Crippen molar-refractivity contribution in [1.29, 1.82) is 0 Å². The number of rotatable bonds is 7. The van der Waals surface area contributed by atoms with Gasteiger partial charge in [-0.05, 0) is 39.3 Å². The van der Waals surface area contributed by atoms with Gasteiger partial charge in [0.05, 0.1) is 0 Å².